The molecule has 0 aromatic heterocycles. The molecule has 134 valence electrons. The number of ether oxygens (including phenoxy) is 2. The second-order valence-corrected chi connectivity index (χ2v) is 6.60. The fraction of sp³-hybridized carbons (Fsp3) is 0.611. The van der Waals surface area contributed by atoms with Crippen LogP contribution in [0.15, 0.2) is 29.3 Å². The SMILES string of the molecule is CN=C(NCc1ccc(OC(C)C)cc1)NC1CC2CCC1O2.I. The second kappa shape index (κ2) is 8.89. The Balaban J connectivity index is 0.00000208. The van der Waals surface area contributed by atoms with E-state index in [9.17, 15) is 0 Å². The molecule has 0 amide bonds. The first-order valence-electron chi connectivity index (χ1n) is 8.52. The van der Waals surface area contributed by atoms with Crippen LogP contribution in [0.2, 0.25) is 0 Å². The summed E-state index contributed by atoms with van der Waals surface area (Å²) in [5.74, 6) is 1.75. The van der Waals surface area contributed by atoms with Crippen molar-refractivity contribution in [2.24, 2.45) is 4.99 Å². The lowest BCUT2D eigenvalue weighted by Gasteiger charge is -2.22. The van der Waals surface area contributed by atoms with Crippen molar-refractivity contribution >= 4 is 29.9 Å². The predicted octanol–water partition coefficient (Wildman–Crippen LogP) is 3.08. The number of rotatable bonds is 5. The van der Waals surface area contributed by atoms with E-state index in [1.165, 1.54) is 12.0 Å². The molecule has 2 aliphatic heterocycles. The maximum absolute atomic E-state index is 5.88. The quantitative estimate of drug-likeness (QED) is 0.416. The van der Waals surface area contributed by atoms with Gasteiger partial charge in [0, 0.05) is 13.6 Å². The van der Waals surface area contributed by atoms with E-state index in [0.29, 0.717) is 18.2 Å². The number of hydrogen-bond donors (Lipinski definition) is 2. The van der Waals surface area contributed by atoms with Gasteiger partial charge in [-0.25, -0.2) is 0 Å². The Morgan fingerprint density at radius 2 is 2.04 bits per heavy atom. The number of halogens is 1. The monoisotopic (exact) mass is 445 g/mol. The highest BCUT2D eigenvalue weighted by atomic mass is 127. The molecule has 2 saturated heterocycles. The van der Waals surface area contributed by atoms with Crippen molar-refractivity contribution in [3.63, 3.8) is 0 Å². The maximum atomic E-state index is 5.88. The number of aliphatic imine (C=N–C) groups is 1. The molecule has 2 heterocycles. The van der Waals surface area contributed by atoms with Crippen molar-refractivity contribution in [3.8, 4) is 5.75 Å². The van der Waals surface area contributed by atoms with Crippen LogP contribution in [0.1, 0.15) is 38.7 Å². The molecular formula is C18H28IN3O2. The smallest absolute Gasteiger partial charge is 0.191 e. The van der Waals surface area contributed by atoms with Crippen LogP contribution >= 0.6 is 24.0 Å². The molecule has 3 rings (SSSR count). The minimum atomic E-state index is 0. The van der Waals surface area contributed by atoms with Gasteiger partial charge in [-0.3, -0.25) is 4.99 Å². The summed E-state index contributed by atoms with van der Waals surface area (Å²) in [6, 6.07) is 8.58. The van der Waals surface area contributed by atoms with Gasteiger partial charge in [0.2, 0.25) is 0 Å². The van der Waals surface area contributed by atoms with Crippen LogP contribution in [0.25, 0.3) is 0 Å². The molecule has 2 aliphatic rings. The van der Waals surface area contributed by atoms with Crippen LogP contribution in [-0.2, 0) is 11.3 Å². The molecule has 0 spiro atoms. The van der Waals surface area contributed by atoms with Crippen molar-refractivity contribution in [1.82, 2.24) is 10.6 Å². The van der Waals surface area contributed by atoms with Gasteiger partial charge >= 0.3 is 0 Å². The topological polar surface area (TPSA) is 54.9 Å². The summed E-state index contributed by atoms with van der Waals surface area (Å²) in [6.07, 6.45) is 4.46. The summed E-state index contributed by atoms with van der Waals surface area (Å²) in [4.78, 5) is 4.32. The minimum absolute atomic E-state index is 0. The molecule has 24 heavy (non-hydrogen) atoms. The Morgan fingerprint density at radius 3 is 2.58 bits per heavy atom. The zero-order chi connectivity index (χ0) is 16.2. The largest absolute Gasteiger partial charge is 0.491 e. The molecule has 0 saturated carbocycles. The average molecular weight is 445 g/mol. The van der Waals surface area contributed by atoms with E-state index in [4.69, 9.17) is 9.47 Å². The zero-order valence-electron chi connectivity index (χ0n) is 14.6. The number of nitrogens with one attached hydrogen (secondary N) is 2. The molecular weight excluding hydrogens is 417 g/mol. The number of hydrogen-bond acceptors (Lipinski definition) is 3. The van der Waals surface area contributed by atoms with Crippen molar-refractivity contribution in [3.05, 3.63) is 29.8 Å². The van der Waals surface area contributed by atoms with Gasteiger partial charge in [0.05, 0.1) is 24.4 Å². The second-order valence-electron chi connectivity index (χ2n) is 6.60. The van der Waals surface area contributed by atoms with Crippen molar-refractivity contribution in [1.29, 1.82) is 0 Å². The Hall–Kier alpha value is -1.02. The Labute approximate surface area is 161 Å². The first kappa shape index (κ1) is 19.3. The third kappa shape index (κ3) is 4.99. The summed E-state index contributed by atoms with van der Waals surface area (Å²) in [5.41, 5.74) is 1.20. The lowest BCUT2D eigenvalue weighted by atomic mass is 9.96. The molecule has 2 N–H and O–H groups in total. The van der Waals surface area contributed by atoms with Crippen LogP contribution in [0.5, 0.6) is 5.75 Å². The van der Waals surface area contributed by atoms with Crippen molar-refractivity contribution < 1.29 is 9.47 Å². The molecule has 6 heteroatoms. The first-order chi connectivity index (χ1) is 11.1. The van der Waals surface area contributed by atoms with Crippen LogP contribution in [0.3, 0.4) is 0 Å². The molecule has 1 aromatic carbocycles. The van der Waals surface area contributed by atoms with Gasteiger partial charge in [-0.1, -0.05) is 12.1 Å². The molecule has 1 aromatic rings. The van der Waals surface area contributed by atoms with Crippen LogP contribution < -0.4 is 15.4 Å². The fourth-order valence-electron chi connectivity index (χ4n) is 3.30. The zero-order valence-corrected chi connectivity index (χ0v) is 16.9. The summed E-state index contributed by atoms with van der Waals surface area (Å²) < 4.78 is 11.5. The van der Waals surface area contributed by atoms with Gasteiger partial charge < -0.3 is 20.1 Å². The van der Waals surface area contributed by atoms with Gasteiger partial charge in [0.25, 0.3) is 0 Å². The highest BCUT2D eigenvalue weighted by Gasteiger charge is 2.41. The third-order valence-electron chi connectivity index (χ3n) is 4.41. The normalized spacial score (nSPS) is 25.5. The molecule has 0 radical (unpaired) electrons. The Morgan fingerprint density at radius 1 is 1.29 bits per heavy atom. The van der Waals surface area contributed by atoms with Gasteiger partial charge in [-0.05, 0) is 50.8 Å². The molecule has 3 unspecified atom stereocenters. The van der Waals surface area contributed by atoms with Crippen molar-refractivity contribution in [2.45, 2.75) is 64.0 Å². The molecule has 2 bridgehead atoms. The number of fused-ring (bicyclic) bond motifs is 2. The van der Waals surface area contributed by atoms with E-state index in [1.807, 2.05) is 33.0 Å². The summed E-state index contributed by atoms with van der Waals surface area (Å²) in [5, 5.41) is 6.87. The van der Waals surface area contributed by atoms with E-state index in [1.54, 1.807) is 0 Å². The van der Waals surface area contributed by atoms with Crippen molar-refractivity contribution in [2.75, 3.05) is 7.05 Å². The van der Waals surface area contributed by atoms with Gasteiger partial charge in [0.15, 0.2) is 5.96 Å². The third-order valence-corrected chi connectivity index (χ3v) is 4.41. The van der Waals surface area contributed by atoms with Crippen LogP contribution in [0, 0.1) is 0 Å². The van der Waals surface area contributed by atoms with Gasteiger partial charge in [0.1, 0.15) is 5.75 Å². The highest BCUT2D eigenvalue weighted by Crippen LogP contribution is 2.34. The fourth-order valence-corrected chi connectivity index (χ4v) is 3.30. The summed E-state index contributed by atoms with van der Waals surface area (Å²) >= 11 is 0. The van der Waals surface area contributed by atoms with Gasteiger partial charge in [-0.2, -0.15) is 0 Å². The lowest BCUT2D eigenvalue weighted by Crippen LogP contribution is -2.47. The van der Waals surface area contributed by atoms with E-state index in [2.05, 4.69) is 27.8 Å². The van der Waals surface area contributed by atoms with E-state index < -0.39 is 0 Å². The minimum Gasteiger partial charge on any atom is -0.491 e. The van der Waals surface area contributed by atoms with Crippen LogP contribution in [0.4, 0.5) is 0 Å². The maximum Gasteiger partial charge on any atom is 0.191 e. The predicted molar refractivity (Wildman–Crippen MR) is 107 cm³/mol. The molecule has 5 nitrogen and oxygen atoms in total. The Bertz CT molecular complexity index is 548. The van der Waals surface area contributed by atoms with E-state index in [-0.39, 0.29) is 30.1 Å². The lowest BCUT2D eigenvalue weighted by molar-refractivity contribution is 0.0992. The molecule has 3 atom stereocenters. The van der Waals surface area contributed by atoms with E-state index >= 15 is 0 Å². The first-order valence-corrected chi connectivity index (χ1v) is 8.52. The average Bonchev–Trinajstić information content (AvgIpc) is 3.15. The molecule has 0 aliphatic carbocycles. The number of nitrogens with zero attached hydrogens (tertiary/aromatic N) is 1. The number of benzene rings is 1. The van der Waals surface area contributed by atoms with Crippen LogP contribution in [-0.4, -0.2) is 37.4 Å². The molecule has 2 fully saturated rings. The Kier molecular flexibility index (Phi) is 7.16. The van der Waals surface area contributed by atoms with Gasteiger partial charge in [-0.15, -0.1) is 24.0 Å². The summed E-state index contributed by atoms with van der Waals surface area (Å²) in [6.45, 7) is 4.80. The number of guanidine groups is 1. The summed E-state index contributed by atoms with van der Waals surface area (Å²) in [7, 11) is 1.81. The standard InChI is InChI=1S/C18H27N3O2.HI/c1-12(2)22-14-6-4-13(5-7-14)11-20-18(19-3)21-16-10-15-8-9-17(16)23-15;/h4-7,12,15-17H,8-11H2,1-3H3,(H2,19,20,21);1H. The van der Waals surface area contributed by atoms with E-state index in [0.717, 1.165) is 31.1 Å². The highest BCUT2D eigenvalue weighted by molar-refractivity contribution is 14.0.